The van der Waals surface area contributed by atoms with Gasteiger partial charge in [0.15, 0.2) is 5.69 Å². The Hall–Kier alpha value is -1.32. The first-order chi connectivity index (χ1) is 6.11. The Bertz CT molecular complexity index is 329. The third kappa shape index (κ3) is 1.56. The van der Waals surface area contributed by atoms with Crippen molar-refractivity contribution in [3.63, 3.8) is 0 Å². The van der Waals surface area contributed by atoms with E-state index >= 15 is 0 Å². The minimum absolute atomic E-state index is 0.196. The van der Waals surface area contributed by atoms with Crippen molar-refractivity contribution in [2.24, 2.45) is 7.05 Å². The summed E-state index contributed by atoms with van der Waals surface area (Å²) in [5.41, 5.74) is 2.07. The van der Waals surface area contributed by atoms with Crippen molar-refractivity contribution in [3.8, 4) is 0 Å². The molecule has 1 rings (SSSR count). The Morgan fingerprint density at radius 3 is 2.46 bits per heavy atom. The van der Waals surface area contributed by atoms with E-state index in [1.165, 1.54) is 0 Å². The van der Waals surface area contributed by atoms with E-state index in [0.717, 1.165) is 24.1 Å². The lowest BCUT2D eigenvalue weighted by Gasteiger charge is -1.99. The van der Waals surface area contributed by atoms with Crippen molar-refractivity contribution in [1.29, 1.82) is 0 Å². The molecule has 1 N–H and O–H groups in total. The van der Waals surface area contributed by atoms with E-state index in [1.54, 1.807) is 11.7 Å². The molecule has 72 valence electrons. The quantitative estimate of drug-likeness (QED) is 0.765. The van der Waals surface area contributed by atoms with Gasteiger partial charge in [0.1, 0.15) is 0 Å². The highest BCUT2D eigenvalue weighted by molar-refractivity contribution is 5.87. The number of aryl methyl sites for hydroxylation is 1. The predicted molar refractivity (Wildman–Crippen MR) is 48.9 cm³/mol. The molecule has 1 aromatic heterocycles. The Morgan fingerprint density at radius 2 is 2.08 bits per heavy atom. The zero-order valence-electron chi connectivity index (χ0n) is 8.16. The zero-order chi connectivity index (χ0) is 10.0. The molecule has 0 aliphatic carbocycles. The number of aromatic carboxylic acids is 1. The van der Waals surface area contributed by atoms with Crippen molar-refractivity contribution in [2.45, 2.75) is 26.7 Å². The molecular formula is C9H14N2O2. The maximum atomic E-state index is 10.8. The molecule has 1 aromatic rings. The lowest BCUT2D eigenvalue weighted by atomic mass is 10.1. The first-order valence-electron chi connectivity index (χ1n) is 4.39. The van der Waals surface area contributed by atoms with Gasteiger partial charge in [0, 0.05) is 18.3 Å². The van der Waals surface area contributed by atoms with E-state index in [4.69, 9.17) is 5.11 Å². The van der Waals surface area contributed by atoms with Crippen LogP contribution in [0, 0.1) is 0 Å². The Kier molecular flexibility index (Phi) is 2.70. The van der Waals surface area contributed by atoms with Gasteiger partial charge in [0.05, 0.1) is 0 Å². The van der Waals surface area contributed by atoms with Gasteiger partial charge in [-0.1, -0.05) is 13.8 Å². The molecule has 4 heteroatoms. The standard InChI is InChI=1S/C9H14N2O2/c1-4-6-7(5-2)11(3)10-8(6)9(12)13/h4-5H2,1-3H3,(H,12,13). The van der Waals surface area contributed by atoms with Crippen LogP contribution in [0.25, 0.3) is 0 Å². The maximum absolute atomic E-state index is 10.8. The normalized spacial score (nSPS) is 10.4. The fourth-order valence-corrected chi connectivity index (χ4v) is 1.59. The van der Waals surface area contributed by atoms with Crippen molar-refractivity contribution < 1.29 is 9.90 Å². The van der Waals surface area contributed by atoms with Crippen LogP contribution in [0.2, 0.25) is 0 Å². The lowest BCUT2D eigenvalue weighted by molar-refractivity contribution is 0.0688. The van der Waals surface area contributed by atoms with Crippen molar-refractivity contribution in [2.75, 3.05) is 0 Å². The second-order valence-corrected chi connectivity index (χ2v) is 2.91. The first kappa shape index (κ1) is 9.77. The van der Waals surface area contributed by atoms with Crippen molar-refractivity contribution in [1.82, 2.24) is 9.78 Å². The number of hydrogen-bond acceptors (Lipinski definition) is 2. The van der Waals surface area contributed by atoms with Gasteiger partial charge in [-0.15, -0.1) is 0 Å². The monoisotopic (exact) mass is 182 g/mol. The lowest BCUT2D eigenvalue weighted by Crippen LogP contribution is -2.01. The van der Waals surface area contributed by atoms with Gasteiger partial charge in [0.2, 0.25) is 0 Å². The largest absolute Gasteiger partial charge is 0.476 e. The third-order valence-corrected chi connectivity index (χ3v) is 2.17. The summed E-state index contributed by atoms with van der Waals surface area (Å²) in [6.07, 6.45) is 1.54. The van der Waals surface area contributed by atoms with Gasteiger partial charge in [0.25, 0.3) is 0 Å². The molecule has 4 nitrogen and oxygen atoms in total. The molecule has 0 aromatic carbocycles. The summed E-state index contributed by atoms with van der Waals surface area (Å²) in [5, 5.41) is 12.8. The molecule has 0 fully saturated rings. The summed E-state index contributed by atoms with van der Waals surface area (Å²) < 4.78 is 1.66. The van der Waals surface area contributed by atoms with E-state index in [2.05, 4.69) is 5.10 Å². The van der Waals surface area contributed by atoms with Crippen LogP contribution < -0.4 is 0 Å². The number of nitrogens with zero attached hydrogens (tertiary/aromatic N) is 2. The van der Waals surface area contributed by atoms with Crippen LogP contribution in [0.5, 0.6) is 0 Å². The highest BCUT2D eigenvalue weighted by atomic mass is 16.4. The van der Waals surface area contributed by atoms with Crippen molar-refractivity contribution in [3.05, 3.63) is 17.0 Å². The van der Waals surface area contributed by atoms with Crippen LogP contribution in [-0.4, -0.2) is 20.9 Å². The fraction of sp³-hybridized carbons (Fsp3) is 0.556. The van der Waals surface area contributed by atoms with Crippen LogP contribution in [0.1, 0.15) is 35.6 Å². The molecule has 0 aliphatic rings. The number of carbonyl (C=O) groups is 1. The van der Waals surface area contributed by atoms with Crippen LogP contribution in [0.3, 0.4) is 0 Å². The van der Waals surface area contributed by atoms with Gasteiger partial charge < -0.3 is 5.11 Å². The van der Waals surface area contributed by atoms with E-state index < -0.39 is 5.97 Å². The molecule has 0 atom stereocenters. The second kappa shape index (κ2) is 3.60. The molecule has 13 heavy (non-hydrogen) atoms. The number of hydrogen-bond donors (Lipinski definition) is 1. The summed E-state index contributed by atoms with van der Waals surface area (Å²) in [7, 11) is 1.78. The predicted octanol–water partition coefficient (Wildman–Crippen LogP) is 1.24. The summed E-state index contributed by atoms with van der Waals surface area (Å²) in [5.74, 6) is -0.938. The molecule has 0 bridgehead atoms. The fourth-order valence-electron chi connectivity index (χ4n) is 1.59. The van der Waals surface area contributed by atoms with E-state index in [0.29, 0.717) is 0 Å². The molecule has 0 aliphatic heterocycles. The van der Waals surface area contributed by atoms with E-state index in [9.17, 15) is 4.79 Å². The SMILES string of the molecule is CCc1c(C(=O)O)nn(C)c1CC. The van der Waals surface area contributed by atoms with Gasteiger partial charge in [-0.3, -0.25) is 4.68 Å². The minimum atomic E-state index is -0.938. The molecular weight excluding hydrogens is 168 g/mol. The molecule has 0 spiro atoms. The highest BCUT2D eigenvalue weighted by Gasteiger charge is 2.17. The summed E-state index contributed by atoms with van der Waals surface area (Å²) in [6, 6.07) is 0. The average Bonchev–Trinajstić information content (AvgIpc) is 2.41. The molecule has 0 saturated heterocycles. The Balaban J connectivity index is 3.29. The highest BCUT2D eigenvalue weighted by Crippen LogP contribution is 2.14. The molecule has 0 radical (unpaired) electrons. The summed E-state index contributed by atoms with van der Waals surface area (Å²) >= 11 is 0. The van der Waals surface area contributed by atoms with Gasteiger partial charge in [-0.2, -0.15) is 5.10 Å². The van der Waals surface area contributed by atoms with Crippen LogP contribution in [0.4, 0.5) is 0 Å². The van der Waals surface area contributed by atoms with Crippen LogP contribution >= 0.6 is 0 Å². The summed E-state index contributed by atoms with van der Waals surface area (Å²) in [6.45, 7) is 3.95. The Labute approximate surface area is 77.2 Å². The van der Waals surface area contributed by atoms with Gasteiger partial charge >= 0.3 is 5.97 Å². The van der Waals surface area contributed by atoms with E-state index in [1.807, 2.05) is 13.8 Å². The molecule has 1 heterocycles. The smallest absolute Gasteiger partial charge is 0.356 e. The van der Waals surface area contributed by atoms with E-state index in [-0.39, 0.29) is 5.69 Å². The summed E-state index contributed by atoms with van der Waals surface area (Å²) in [4.78, 5) is 10.8. The number of carboxylic acid groups (broad SMARTS) is 1. The number of aromatic nitrogens is 2. The van der Waals surface area contributed by atoms with Gasteiger partial charge in [-0.25, -0.2) is 4.79 Å². The second-order valence-electron chi connectivity index (χ2n) is 2.91. The molecule has 0 unspecified atom stereocenters. The third-order valence-electron chi connectivity index (χ3n) is 2.17. The van der Waals surface area contributed by atoms with Crippen LogP contribution in [0.15, 0.2) is 0 Å². The van der Waals surface area contributed by atoms with Gasteiger partial charge in [-0.05, 0) is 12.8 Å². The molecule has 0 amide bonds. The van der Waals surface area contributed by atoms with Crippen LogP contribution in [-0.2, 0) is 19.9 Å². The first-order valence-corrected chi connectivity index (χ1v) is 4.39. The minimum Gasteiger partial charge on any atom is -0.476 e. The van der Waals surface area contributed by atoms with Crippen molar-refractivity contribution >= 4 is 5.97 Å². The Morgan fingerprint density at radius 1 is 1.46 bits per heavy atom. The average molecular weight is 182 g/mol. The number of rotatable bonds is 3. The molecule has 0 saturated carbocycles. The zero-order valence-corrected chi connectivity index (χ0v) is 8.16. The topological polar surface area (TPSA) is 55.1 Å². The number of carboxylic acids is 1. The maximum Gasteiger partial charge on any atom is 0.356 e.